The predicted octanol–water partition coefficient (Wildman–Crippen LogP) is 2.08. The van der Waals surface area contributed by atoms with E-state index in [4.69, 9.17) is 0 Å². The van der Waals surface area contributed by atoms with Crippen molar-refractivity contribution < 1.29 is 0 Å². The van der Waals surface area contributed by atoms with Crippen LogP contribution in [-0.2, 0) is 0 Å². The first-order chi connectivity index (χ1) is 6.75. The van der Waals surface area contributed by atoms with Gasteiger partial charge in [0, 0.05) is 28.5 Å². The number of nitrogens with zero attached hydrogens (tertiary/aromatic N) is 2. The van der Waals surface area contributed by atoms with Crippen LogP contribution in [0.15, 0.2) is 5.38 Å². The van der Waals surface area contributed by atoms with E-state index in [1.165, 1.54) is 23.7 Å². The number of aromatic nitrogens is 2. The molecule has 1 aliphatic heterocycles. The van der Waals surface area contributed by atoms with Gasteiger partial charge in [-0.3, -0.25) is 0 Å². The van der Waals surface area contributed by atoms with E-state index in [0.29, 0.717) is 12.1 Å². The Balaban J connectivity index is 1.86. The standard InChI is InChI=1S/C9H15N3S2/c1-6-3-8(4-13-6)10-7(2)9-5-14-12-11-9/h5-8,10H,3-4H2,1-2H3. The Hall–Kier alpha value is -0.130. The van der Waals surface area contributed by atoms with Gasteiger partial charge < -0.3 is 5.32 Å². The Morgan fingerprint density at radius 3 is 3.07 bits per heavy atom. The van der Waals surface area contributed by atoms with Crippen molar-refractivity contribution >= 4 is 23.3 Å². The van der Waals surface area contributed by atoms with Gasteiger partial charge in [0.15, 0.2) is 0 Å². The van der Waals surface area contributed by atoms with Gasteiger partial charge in [-0.25, -0.2) is 0 Å². The van der Waals surface area contributed by atoms with Gasteiger partial charge in [-0.05, 0) is 24.9 Å². The van der Waals surface area contributed by atoms with E-state index in [1.54, 1.807) is 0 Å². The minimum absolute atomic E-state index is 0.338. The van der Waals surface area contributed by atoms with Crippen LogP contribution in [0.4, 0.5) is 0 Å². The van der Waals surface area contributed by atoms with Crippen molar-refractivity contribution in [2.24, 2.45) is 0 Å². The highest BCUT2D eigenvalue weighted by Crippen LogP contribution is 2.27. The van der Waals surface area contributed by atoms with Crippen LogP contribution in [-0.4, -0.2) is 26.6 Å². The fraction of sp³-hybridized carbons (Fsp3) is 0.778. The summed E-state index contributed by atoms with van der Waals surface area (Å²) in [5.74, 6) is 1.23. The zero-order chi connectivity index (χ0) is 9.97. The van der Waals surface area contributed by atoms with Gasteiger partial charge >= 0.3 is 0 Å². The van der Waals surface area contributed by atoms with Crippen LogP contribution in [0.1, 0.15) is 32.0 Å². The van der Waals surface area contributed by atoms with Crippen molar-refractivity contribution in [1.82, 2.24) is 14.9 Å². The van der Waals surface area contributed by atoms with Gasteiger partial charge in [0.05, 0.1) is 5.69 Å². The second-order valence-electron chi connectivity index (χ2n) is 3.79. The van der Waals surface area contributed by atoms with Crippen LogP contribution >= 0.6 is 23.3 Å². The molecule has 1 aliphatic rings. The summed E-state index contributed by atoms with van der Waals surface area (Å²) >= 11 is 3.47. The van der Waals surface area contributed by atoms with Gasteiger partial charge in [-0.2, -0.15) is 11.8 Å². The third kappa shape index (κ3) is 2.46. The molecule has 3 atom stereocenters. The number of hydrogen-bond acceptors (Lipinski definition) is 5. The van der Waals surface area contributed by atoms with E-state index in [9.17, 15) is 0 Å². The molecule has 0 saturated carbocycles. The predicted molar refractivity (Wildman–Crippen MR) is 61.8 cm³/mol. The first-order valence-corrected chi connectivity index (χ1v) is 6.79. The number of thioether (sulfide) groups is 1. The summed E-state index contributed by atoms with van der Waals surface area (Å²) in [6.07, 6.45) is 1.27. The molecule has 0 amide bonds. The molecule has 3 nitrogen and oxygen atoms in total. The lowest BCUT2D eigenvalue weighted by molar-refractivity contribution is 0.467. The molecule has 5 heteroatoms. The molecule has 3 unspecified atom stereocenters. The summed E-state index contributed by atoms with van der Waals surface area (Å²) in [5.41, 5.74) is 1.07. The highest BCUT2D eigenvalue weighted by Gasteiger charge is 2.23. The molecule has 1 N–H and O–H groups in total. The van der Waals surface area contributed by atoms with Crippen molar-refractivity contribution in [3.63, 3.8) is 0 Å². The van der Waals surface area contributed by atoms with Crippen LogP contribution in [0.2, 0.25) is 0 Å². The number of nitrogens with one attached hydrogen (secondary N) is 1. The van der Waals surface area contributed by atoms with Crippen molar-refractivity contribution in [2.45, 2.75) is 37.6 Å². The molecule has 2 rings (SSSR count). The summed E-state index contributed by atoms with van der Waals surface area (Å²) in [6.45, 7) is 4.45. The maximum Gasteiger partial charge on any atom is 0.0921 e. The summed E-state index contributed by atoms with van der Waals surface area (Å²) in [6, 6.07) is 0.983. The highest BCUT2D eigenvalue weighted by molar-refractivity contribution is 8.00. The zero-order valence-corrected chi connectivity index (χ0v) is 10.1. The normalized spacial score (nSPS) is 29.3. The smallest absolute Gasteiger partial charge is 0.0921 e. The molecule has 0 bridgehead atoms. The van der Waals surface area contributed by atoms with Gasteiger partial charge in [0.1, 0.15) is 0 Å². The summed E-state index contributed by atoms with van der Waals surface area (Å²) < 4.78 is 3.88. The van der Waals surface area contributed by atoms with E-state index in [0.717, 1.165) is 10.9 Å². The van der Waals surface area contributed by atoms with Crippen LogP contribution in [0.3, 0.4) is 0 Å². The van der Waals surface area contributed by atoms with Crippen molar-refractivity contribution in [3.05, 3.63) is 11.1 Å². The van der Waals surface area contributed by atoms with Crippen molar-refractivity contribution in [3.8, 4) is 0 Å². The largest absolute Gasteiger partial charge is 0.305 e. The van der Waals surface area contributed by atoms with E-state index >= 15 is 0 Å². The minimum Gasteiger partial charge on any atom is -0.305 e. The van der Waals surface area contributed by atoms with E-state index in [2.05, 4.69) is 28.8 Å². The van der Waals surface area contributed by atoms with E-state index in [-0.39, 0.29) is 0 Å². The molecule has 2 heterocycles. The van der Waals surface area contributed by atoms with Gasteiger partial charge in [-0.1, -0.05) is 11.4 Å². The maximum atomic E-state index is 4.08. The Morgan fingerprint density at radius 1 is 1.64 bits per heavy atom. The van der Waals surface area contributed by atoms with Crippen LogP contribution in [0.25, 0.3) is 0 Å². The molecule has 0 radical (unpaired) electrons. The van der Waals surface area contributed by atoms with E-state index in [1.807, 2.05) is 17.1 Å². The third-order valence-electron chi connectivity index (χ3n) is 2.50. The SMILES string of the molecule is CC1CC(NC(C)c2csnn2)CS1. The lowest BCUT2D eigenvalue weighted by Gasteiger charge is -2.16. The Kier molecular flexibility index (Phi) is 3.41. The van der Waals surface area contributed by atoms with Crippen LogP contribution in [0, 0.1) is 0 Å². The molecule has 1 aromatic heterocycles. The van der Waals surface area contributed by atoms with Crippen LogP contribution < -0.4 is 5.32 Å². The van der Waals surface area contributed by atoms with E-state index < -0.39 is 0 Å². The molecule has 1 aromatic rings. The monoisotopic (exact) mass is 229 g/mol. The molecule has 0 aromatic carbocycles. The summed E-state index contributed by atoms with van der Waals surface area (Å²) in [5, 5.41) is 10.5. The Labute approximate surface area is 92.8 Å². The van der Waals surface area contributed by atoms with Gasteiger partial charge in [0.2, 0.25) is 0 Å². The van der Waals surface area contributed by atoms with Crippen LogP contribution in [0.5, 0.6) is 0 Å². The molecule has 0 aliphatic carbocycles. The number of rotatable bonds is 3. The summed E-state index contributed by atoms with van der Waals surface area (Å²) in [7, 11) is 0. The molecule has 0 spiro atoms. The molecule has 14 heavy (non-hydrogen) atoms. The fourth-order valence-corrected chi connectivity index (χ4v) is 3.44. The van der Waals surface area contributed by atoms with Gasteiger partial charge in [-0.15, -0.1) is 5.10 Å². The zero-order valence-electron chi connectivity index (χ0n) is 8.43. The first-order valence-electron chi connectivity index (χ1n) is 4.90. The van der Waals surface area contributed by atoms with Gasteiger partial charge in [0.25, 0.3) is 0 Å². The second-order valence-corrected chi connectivity index (χ2v) is 5.88. The average molecular weight is 229 g/mol. The minimum atomic E-state index is 0.338. The molecular formula is C9H15N3S2. The summed E-state index contributed by atoms with van der Waals surface area (Å²) in [4.78, 5) is 0. The Bertz CT molecular complexity index is 276. The molecule has 1 fully saturated rings. The molecule has 1 saturated heterocycles. The number of hydrogen-bond donors (Lipinski definition) is 1. The third-order valence-corrected chi connectivity index (χ3v) is 4.38. The van der Waals surface area contributed by atoms with Crippen molar-refractivity contribution in [1.29, 1.82) is 0 Å². The Morgan fingerprint density at radius 2 is 2.50 bits per heavy atom. The second kappa shape index (κ2) is 4.59. The first kappa shape index (κ1) is 10.4. The van der Waals surface area contributed by atoms with Crippen molar-refractivity contribution in [2.75, 3.05) is 5.75 Å². The lowest BCUT2D eigenvalue weighted by Crippen LogP contribution is -2.31. The average Bonchev–Trinajstić information content (AvgIpc) is 2.75. The fourth-order valence-electron chi connectivity index (χ4n) is 1.73. The lowest BCUT2D eigenvalue weighted by atomic mass is 10.1. The maximum absolute atomic E-state index is 4.08. The molecule has 78 valence electrons. The quantitative estimate of drug-likeness (QED) is 0.861. The highest BCUT2D eigenvalue weighted by atomic mass is 32.2. The molecular weight excluding hydrogens is 214 g/mol. The topological polar surface area (TPSA) is 37.8 Å².